The fraction of sp³-hybridized carbons (Fsp3) is 0.381. The van der Waals surface area contributed by atoms with Gasteiger partial charge in [-0.25, -0.2) is 18.4 Å². The third-order valence-electron chi connectivity index (χ3n) is 5.33. The first-order valence-electron chi connectivity index (χ1n) is 10.5. The lowest BCUT2D eigenvalue weighted by atomic mass is 10.3. The molecule has 12 heteroatoms. The molecule has 1 fully saturated rings. The molecule has 9 nitrogen and oxygen atoms in total. The summed E-state index contributed by atoms with van der Waals surface area (Å²) in [6, 6.07) is 8.99. The molecule has 0 aliphatic carbocycles. The van der Waals surface area contributed by atoms with Crippen LogP contribution in [0.5, 0.6) is 0 Å². The van der Waals surface area contributed by atoms with Crippen LogP contribution in [0.25, 0.3) is 10.9 Å². The zero-order valence-corrected chi connectivity index (χ0v) is 20.8. The van der Waals surface area contributed by atoms with Crippen LogP contribution in [0.2, 0.25) is 5.15 Å². The molecule has 33 heavy (non-hydrogen) atoms. The van der Waals surface area contributed by atoms with Gasteiger partial charge in [0.15, 0.2) is 0 Å². The van der Waals surface area contributed by atoms with E-state index in [2.05, 4.69) is 36.9 Å². The molecule has 2 N–H and O–H groups in total. The van der Waals surface area contributed by atoms with Gasteiger partial charge in [0, 0.05) is 48.7 Å². The summed E-state index contributed by atoms with van der Waals surface area (Å²) >= 11 is 7.65. The molecular formula is C21H26ClN7O2S2. The van der Waals surface area contributed by atoms with Crippen molar-refractivity contribution in [2.45, 2.75) is 4.90 Å². The van der Waals surface area contributed by atoms with Gasteiger partial charge in [0.05, 0.1) is 17.5 Å². The van der Waals surface area contributed by atoms with Crippen LogP contribution >= 0.6 is 23.4 Å². The molecule has 0 bridgehead atoms. The quantitative estimate of drug-likeness (QED) is 0.351. The van der Waals surface area contributed by atoms with Crippen molar-refractivity contribution in [3.8, 4) is 0 Å². The Bertz CT molecular complexity index is 1230. The first-order valence-corrected chi connectivity index (χ1v) is 13.7. The van der Waals surface area contributed by atoms with Gasteiger partial charge >= 0.3 is 0 Å². The van der Waals surface area contributed by atoms with Gasteiger partial charge in [0.2, 0.25) is 16.0 Å². The van der Waals surface area contributed by atoms with Crippen LogP contribution in [0.1, 0.15) is 0 Å². The normalized spacial score (nSPS) is 15.1. The van der Waals surface area contributed by atoms with Crippen LogP contribution in [0.4, 0.5) is 17.5 Å². The summed E-state index contributed by atoms with van der Waals surface area (Å²) in [5.41, 5.74) is 1.20. The first-order chi connectivity index (χ1) is 15.8. The molecule has 1 aliphatic rings. The fourth-order valence-corrected chi connectivity index (χ4v) is 5.07. The molecule has 0 radical (unpaired) electrons. The van der Waals surface area contributed by atoms with E-state index in [0.717, 1.165) is 31.1 Å². The zero-order chi connectivity index (χ0) is 23.4. The number of anilines is 3. The van der Waals surface area contributed by atoms with Gasteiger partial charge in [0.1, 0.15) is 11.0 Å². The highest BCUT2D eigenvalue weighted by atomic mass is 35.5. The Labute approximate surface area is 203 Å². The lowest BCUT2D eigenvalue weighted by Crippen LogP contribution is -2.45. The number of hydrogen-bond acceptors (Lipinski definition) is 9. The summed E-state index contributed by atoms with van der Waals surface area (Å²) in [7, 11) is -1.46. The second-order valence-electron chi connectivity index (χ2n) is 7.77. The maximum atomic E-state index is 12.6. The number of sulfonamides is 1. The SMILES string of the molecule is CSc1cccc(NS(=O)(=O)CCNc2nc(N3CCN(C)CC3)nc3cnc(Cl)cc23)c1. The average molecular weight is 508 g/mol. The number of fused-ring (bicyclic) bond motifs is 1. The topological polar surface area (TPSA) is 103 Å². The third-order valence-corrected chi connectivity index (χ3v) is 7.55. The Balaban J connectivity index is 1.50. The van der Waals surface area contributed by atoms with E-state index in [-0.39, 0.29) is 12.3 Å². The molecule has 1 aliphatic heterocycles. The van der Waals surface area contributed by atoms with E-state index in [9.17, 15) is 8.42 Å². The van der Waals surface area contributed by atoms with Crippen LogP contribution in [0.15, 0.2) is 41.4 Å². The van der Waals surface area contributed by atoms with Crippen molar-refractivity contribution in [2.24, 2.45) is 0 Å². The van der Waals surface area contributed by atoms with Crippen molar-refractivity contribution in [3.05, 3.63) is 41.7 Å². The van der Waals surface area contributed by atoms with E-state index < -0.39 is 10.0 Å². The Hall–Kier alpha value is -2.34. The lowest BCUT2D eigenvalue weighted by molar-refractivity contribution is 0.311. The van der Waals surface area contributed by atoms with Crippen molar-refractivity contribution in [1.82, 2.24) is 19.9 Å². The lowest BCUT2D eigenvalue weighted by Gasteiger charge is -2.32. The van der Waals surface area contributed by atoms with Gasteiger partial charge in [0.25, 0.3) is 0 Å². The fourth-order valence-electron chi connectivity index (χ4n) is 3.50. The largest absolute Gasteiger partial charge is 0.368 e. The van der Waals surface area contributed by atoms with E-state index in [1.165, 1.54) is 0 Å². The summed E-state index contributed by atoms with van der Waals surface area (Å²) < 4.78 is 27.9. The first kappa shape index (κ1) is 23.8. The number of likely N-dealkylation sites (N-methyl/N-ethyl adjacent to an activating group) is 1. The van der Waals surface area contributed by atoms with Crippen molar-refractivity contribution in [2.75, 3.05) is 66.7 Å². The molecule has 1 aromatic carbocycles. The minimum Gasteiger partial charge on any atom is -0.368 e. The number of thioether (sulfide) groups is 1. The second kappa shape index (κ2) is 10.3. The number of nitrogens with one attached hydrogen (secondary N) is 2. The molecule has 0 saturated carbocycles. The Morgan fingerprint density at radius 2 is 1.94 bits per heavy atom. The highest BCUT2D eigenvalue weighted by Gasteiger charge is 2.19. The van der Waals surface area contributed by atoms with Crippen LogP contribution in [-0.4, -0.2) is 80.0 Å². The molecule has 0 spiro atoms. The maximum absolute atomic E-state index is 12.6. The number of hydrogen-bond donors (Lipinski definition) is 2. The number of halogens is 1. The van der Waals surface area contributed by atoms with E-state index in [0.29, 0.717) is 33.5 Å². The highest BCUT2D eigenvalue weighted by molar-refractivity contribution is 7.98. The van der Waals surface area contributed by atoms with Gasteiger partial charge in [-0.05, 0) is 37.6 Å². The van der Waals surface area contributed by atoms with Gasteiger partial charge < -0.3 is 15.1 Å². The Morgan fingerprint density at radius 3 is 2.70 bits per heavy atom. The number of rotatable bonds is 8. The molecular weight excluding hydrogens is 482 g/mol. The molecule has 4 rings (SSSR count). The molecule has 0 amide bonds. The number of aromatic nitrogens is 3. The average Bonchev–Trinajstić information content (AvgIpc) is 2.79. The van der Waals surface area contributed by atoms with Gasteiger partial charge in [-0.2, -0.15) is 4.98 Å². The summed E-state index contributed by atoms with van der Waals surface area (Å²) in [6.07, 6.45) is 3.56. The minimum absolute atomic E-state index is 0.120. The third kappa shape index (κ3) is 6.17. The standard InChI is InChI=1S/C21H26ClN7O2S2/c1-28-7-9-29(10-8-28)21-25-18-14-24-19(22)13-17(18)20(26-21)23-6-11-33(30,31)27-15-4-3-5-16(12-15)32-2/h3-5,12-14,27H,6-11H2,1-2H3,(H,23,25,26). The molecule has 2 aromatic heterocycles. The molecule has 0 unspecified atom stereocenters. The Morgan fingerprint density at radius 1 is 1.15 bits per heavy atom. The van der Waals surface area contributed by atoms with Crippen LogP contribution < -0.4 is 14.9 Å². The zero-order valence-electron chi connectivity index (χ0n) is 18.5. The molecule has 176 valence electrons. The van der Waals surface area contributed by atoms with Crippen LogP contribution in [-0.2, 0) is 10.0 Å². The molecule has 3 aromatic rings. The van der Waals surface area contributed by atoms with E-state index in [1.807, 2.05) is 24.5 Å². The predicted octanol–water partition coefficient (Wildman–Crippen LogP) is 3.01. The highest BCUT2D eigenvalue weighted by Crippen LogP contribution is 2.26. The summed E-state index contributed by atoms with van der Waals surface area (Å²) in [6.45, 7) is 3.65. The monoisotopic (exact) mass is 507 g/mol. The van der Waals surface area contributed by atoms with Crippen LogP contribution in [0, 0.1) is 0 Å². The van der Waals surface area contributed by atoms with E-state index >= 15 is 0 Å². The number of nitrogens with zero attached hydrogens (tertiary/aromatic N) is 5. The number of pyridine rings is 1. The molecule has 3 heterocycles. The predicted molar refractivity (Wildman–Crippen MR) is 136 cm³/mol. The van der Waals surface area contributed by atoms with Crippen molar-refractivity contribution >= 4 is 61.7 Å². The van der Waals surface area contributed by atoms with Crippen molar-refractivity contribution in [1.29, 1.82) is 0 Å². The number of benzene rings is 1. The van der Waals surface area contributed by atoms with Crippen LogP contribution in [0.3, 0.4) is 0 Å². The van der Waals surface area contributed by atoms with Gasteiger partial charge in [-0.15, -0.1) is 11.8 Å². The van der Waals surface area contributed by atoms with Crippen molar-refractivity contribution in [3.63, 3.8) is 0 Å². The summed E-state index contributed by atoms with van der Waals surface area (Å²) in [4.78, 5) is 18.9. The van der Waals surface area contributed by atoms with E-state index in [4.69, 9.17) is 16.6 Å². The second-order valence-corrected chi connectivity index (χ2v) is 10.9. The Kier molecular flexibility index (Phi) is 7.42. The molecule has 0 atom stereocenters. The minimum atomic E-state index is -3.55. The summed E-state index contributed by atoms with van der Waals surface area (Å²) in [5.74, 6) is 1.01. The van der Waals surface area contributed by atoms with Gasteiger partial charge in [-0.1, -0.05) is 17.7 Å². The summed E-state index contributed by atoms with van der Waals surface area (Å²) in [5, 5.41) is 4.19. The smallest absolute Gasteiger partial charge is 0.234 e. The van der Waals surface area contributed by atoms with Crippen molar-refractivity contribution < 1.29 is 8.42 Å². The molecule has 1 saturated heterocycles. The van der Waals surface area contributed by atoms with E-state index in [1.54, 1.807) is 30.1 Å². The number of piperazine rings is 1. The van der Waals surface area contributed by atoms with Gasteiger partial charge in [-0.3, -0.25) is 4.72 Å². The maximum Gasteiger partial charge on any atom is 0.234 e.